The summed E-state index contributed by atoms with van der Waals surface area (Å²) in [4.78, 5) is 3.44. The maximum atomic E-state index is 12.4. The summed E-state index contributed by atoms with van der Waals surface area (Å²) in [5, 5.41) is 0. The highest BCUT2D eigenvalue weighted by Crippen LogP contribution is 2.15. The van der Waals surface area contributed by atoms with Crippen LogP contribution in [0.5, 0.6) is 0 Å². The van der Waals surface area contributed by atoms with Crippen molar-refractivity contribution >= 4 is 15.9 Å². The van der Waals surface area contributed by atoms with Gasteiger partial charge in [-0.15, -0.1) is 0 Å². The van der Waals surface area contributed by atoms with Crippen LogP contribution in [-0.4, -0.2) is 4.98 Å². The lowest BCUT2D eigenvalue weighted by atomic mass is 10.3. The van der Waals surface area contributed by atoms with Gasteiger partial charge < -0.3 is 0 Å². The number of rotatable bonds is 0. The van der Waals surface area contributed by atoms with Crippen LogP contribution in [0.2, 0.25) is 0 Å². The highest BCUT2D eigenvalue weighted by Gasteiger charge is 1.99. The normalized spacial score (nSPS) is 8.45. The quantitative estimate of drug-likeness (QED) is 0.611. The zero-order chi connectivity index (χ0) is 8.85. The van der Waals surface area contributed by atoms with Crippen molar-refractivity contribution in [3.63, 3.8) is 0 Å². The molecule has 0 bridgehead atoms. The van der Waals surface area contributed by atoms with Crippen molar-refractivity contribution in [1.82, 2.24) is 4.98 Å². The van der Waals surface area contributed by atoms with Crippen molar-refractivity contribution in [2.45, 2.75) is 20.8 Å². The molecule has 0 saturated carbocycles. The monoisotopic (exact) mass is 219 g/mol. The van der Waals surface area contributed by atoms with Gasteiger partial charge in [0.15, 0.2) is 0 Å². The minimum Gasteiger partial charge on any atom is -0.228 e. The number of pyridine rings is 1. The third-order valence-corrected chi connectivity index (χ3v) is 1.94. The molecule has 1 aromatic rings. The van der Waals surface area contributed by atoms with Crippen LogP contribution in [0.4, 0.5) is 4.39 Å². The van der Waals surface area contributed by atoms with Crippen LogP contribution in [-0.2, 0) is 0 Å². The molecule has 0 aliphatic heterocycles. The van der Waals surface area contributed by atoms with Crippen LogP contribution in [0.1, 0.15) is 19.4 Å². The van der Waals surface area contributed by atoms with Crippen LogP contribution in [0.3, 0.4) is 0 Å². The van der Waals surface area contributed by atoms with Gasteiger partial charge in [-0.2, -0.15) is 4.39 Å². The topological polar surface area (TPSA) is 12.9 Å². The third-order valence-electron chi connectivity index (χ3n) is 1.08. The van der Waals surface area contributed by atoms with Crippen molar-refractivity contribution < 1.29 is 4.39 Å². The predicted molar refractivity (Wildman–Crippen MR) is 48.0 cm³/mol. The lowest BCUT2D eigenvalue weighted by molar-refractivity contribution is 0.573. The molecule has 1 heterocycles. The molecule has 0 fully saturated rings. The fourth-order valence-corrected chi connectivity index (χ4v) is 0.770. The Kier molecular flexibility index (Phi) is 5.03. The fourth-order valence-electron chi connectivity index (χ4n) is 0.489. The Balaban J connectivity index is 0.000000461. The summed E-state index contributed by atoms with van der Waals surface area (Å²) in [6.45, 7) is 5.67. The van der Waals surface area contributed by atoms with Gasteiger partial charge in [0.1, 0.15) is 0 Å². The van der Waals surface area contributed by atoms with E-state index in [1.807, 2.05) is 13.8 Å². The smallest absolute Gasteiger partial charge is 0.216 e. The van der Waals surface area contributed by atoms with Crippen molar-refractivity contribution in [1.29, 1.82) is 0 Å². The number of aromatic nitrogens is 1. The molecule has 1 nitrogen and oxygen atoms in total. The summed E-state index contributed by atoms with van der Waals surface area (Å²) in [6, 6.07) is 1.71. The van der Waals surface area contributed by atoms with Crippen LogP contribution >= 0.6 is 15.9 Å². The van der Waals surface area contributed by atoms with E-state index >= 15 is 0 Å². The van der Waals surface area contributed by atoms with Crippen molar-refractivity contribution in [2.75, 3.05) is 0 Å². The lowest BCUT2D eigenvalue weighted by Gasteiger charge is -1.94. The Hall–Kier alpha value is -0.440. The average molecular weight is 220 g/mol. The van der Waals surface area contributed by atoms with Crippen LogP contribution < -0.4 is 0 Å². The summed E-state index contributed by atoms with van der Waals surface area (Å²) < 4.78 is 13.2. The summed E-state index contributed by atoms with van der Waals surface area (Å²) in [5.41, 5.74) is 0.553. The van der Waals surface area contributed by atoms with Crippen molar-refractivity contribution in [3.8, 4) is 0 Å². The molecular formula is C8H11BrFN. The zero-order valence-corrected chi connectivity index (χ0v) is 8.44. The van der Waals surface area contributed by atoms with Gasteiger partial charge in [-0.25, -0.2) is 4.98 Å². The Morgan fingerprint density at radius 1 is 1.45 bits per heavy atom. The predicted octanol–water partition coefficient (Wildman–Crippen LogP) is 3.32. The van der Waals surface area contributed by atoms with Gasteiger partial charge in [-0.3, -0.25) is 0 Å². The molecule has 1 rings (SSSR count). The zero-order valence-electron chi connectivity index (χ0n) is 6.86. The van der Waals surface area contributed by atoms with E-state index < -0.39 is 5.95 Å². The Bertz CT molecular complexity index is 205. The summed E-state index contributed by atoms with van der Waals surface area (Å²) >= 11 is 3.17. The molecule has 62 valence electrons. The van der Waals surface area contributed by atoms with Gasteiger partial charge in [0, 0.05) is 16.2 Å². The molecule has 0 aliphatic carbocycles. The van der Waals surface area contributed by atoms with Gasteiger partial charge in [0.25, 0.3) is 0 Å². The van der Waals surface area contributed by atoms with E-state index in [0.717, 1.165) is 4.47 Å². The molecule has 0 N–H and O–H groups in total. The van der Waals surface area contributed by atoms with E-state index in [0.29, 0.717) is 5.56 Å². The molecule has 1 aromatic heterocycles. The first-order valence-electron chi connectivity index (χ1n) is 3.48. The molecule has 0 aromatic carbocycles. The average Bonchev–Trinajstić information content (AvgIpc) is 2.04. The Morgan fingerprint density at radius 3 is 2.36 bits per heavy atom. The van der Waals surface area contributed by atoms with E-state index in [4.69, 9.17) is 0 Å². The van der Waals surface area contributed by atoms with Gasteiger partial charge in [0.2, 0.25) is 5.95 Å². The fraction of sp³-hybridized carbons (Fsp3) is 0.375. The van der Waals surface area contributed by atoms with E-state index in [1.54, 1.807) is 13.0 Å². The molecule has 3 heteroatoms. The van der Waals surface area contributed by atoms with Crippen LogP contribution in [0, 0.1) is 12.9 Å². The lowest BCUT2D eigenvalue weighted by Crippen LogP contribution is -1.86. The van der Waals surface area contributed by atoms with Gasteiger partial charge >= 0.3 is 0 Å². The minimum atomic E-state index is -0.413. The van der Waals surface area contributed by atoms with Crippen molar-refractivity contribution in [2.24, 2.45) is 0 Å². The minimum absolute atomic E-state index is 0.413. The largest absolute Gasteiger partial charge is 0.228 e. The van der Waals surface area contributed by atoms with Gasteiger partial charge in [-0.1, -0.05) is 29.8 Å². The maximum absolute atomic E-state index is 12.4. The molecule has 11 heavy (non-hydrogen) atoms. The summed E-state index contributed by atoms with van der Waals surface area (Å²) in [5.74, 6) is -0.413. The third kappa shape index (κ3) is 2.97. The number of halogens is 2. The highest BCUT2D eigenvalue weighted by atomic mass is 79.9. The molecule has 0 atom stereocenters. The SMILES string of the molecule is CC.Cc1c(Br)ccnc1F. The second-order valence-electron chi connectivity index (χ2n) is 1.71. The van der Waals surface area contributed by atoms with E-state index in [1.165, 1.54) is 6.20 Å². The Morgan fingerprint density at radius 2 is 2.00 bits per heavy atom. The molecule has 0 unspecified atom stereocenters. The summed E-state index contributed by atoms with van der Waals surface area (Å²) in [6.07, 6.45) is 1.42. The van der Waals surface area contributed by atoms with Crippen LogP contribution in [0.25, 0.3) is 0 Å². The molecule has 0 amide bonds. The number of hydrogen-bond donors (Lipinski definition) is 0. The van der Waals surface area contributed by atoms with Crippen molar-refractivity contribution in [3.05, 3.63) is 28.2 Å². The van der Waals surface area contributed by atoms with Gasteiger partial charge in [0.05, 0.1) is 0 Å². The standard InChI is InChI=1S/C6H5BrFN.C2H6/c1-4-5(7)2-3-9-6(4)8;1-2/h2-3H,1H3;1-2H3. The first-order valence-corrected chi connectivity index (χ1v) is 4.27. The first-order chi connectivity index (χ1) is 5.22. The van der Waals surface area contributed by atoms with E-state index in [9.17, 15) is 4.39 Å². The second-order valence-corrected chi connectivity index (χ2v) is 2.56. The summed E-state index contributed by atoms with van der Waals surface area (Å²) in [7, 11) is 0. The first kappa shape index (κ1) is 10.6. The second kappa shape index (κ2) is 5.24. The molecular weight excluding hydrogens is 209 g/mol. The maximum Gasteiger partial charge on any atom is 0.216 e. The molecule has 0 aliphatic rings. The highest BCUT2D eigenvalue weighted by molar-refractivity contribution is 9.10. The number of hydrogen-bond acceptors (Lipinski definition) is 1. The molecule has 0 spiro atoms. The molecule has 0 radical (unpaired) electrons. The van der Waals surface area contributed by atoms with Gasteiger partial charge in [-0.05, 0) is 13.0 Å². The Labute approximate surface area is 74.8 Å². The molecule has 0 saturated heterocycles. The number of nitrogens with zero attached hydrogens (tertiary/aromatic N) is 1. The van der Waals surface area contributed by atoms with E-state index in [2.05, 4.69) is 20.9 Å². The van der Waals surface area contributed by atoms with E-state index in [-0.39, 0.29) is 0 Å². The van der Waals surface area contributed by atoms with Crippen LogP contribution in [0.15, 0.2) is 16.7 Å².